The summed E-state index contributed by atoms with van der Waals surface area (Å²) in [5, 5.41) is 12.3. The second-order valence-corrected chi connectivity index (χ2v) is 11.4. The summed E-state index contributed by atoms with van der Waals surface area (Å²) in [4.78, 5) is 25.8. The van der Waals surface area contributed by atoms with Gasteiger partial charge in [-0.2, -0.15) is 0 Å². The molecule has 39 heavy (non-hydrogen) atoms. The number of aromatic nitrogens is 2. The summed E-state index contributed by atoms with van der Waals surface area (Å²) in [6.07, 6.45) is 0.871. The van der Waals surface area contributed by atoms with Crippen molar-refractivity contribution in [3.8, 4) is 16.3 Å². The number of amides is 1. The summed E-state index contributed by atoms with van der Waals surface area (Å²) >= 11 is 7.45. The summed E-state index contributed by atoms with van der Waals surface area (Å²) in [6, 6.07) is 12.2. The Morgan fingerprint density at radius 3 is 2.54 bits per heavy atom. The summed E-state index contributed by atoms with van der Waals surface area (Å²) in [6.45, 7) is 6.46. The lowest BCUT2D eigenvalue weighted by molar-refractivity contribution is -0.143. The molecule has 0 unspecified atom stereocenters. The molecule has 0 bridgehead atoms. The largest absolute Gasteiger partial charge is 0.489 e. The van der Waals surface area contributed by atoms with Crippen LogP contribution < -0.4 is 15.0 Å². The van der Waals surface area contributed by atoms with Crippen LogP contribution >= 0.6 is 22.9 Å². The zero-order chi connectivity index (χ0) is 28.0. The molecule has 9 nitrogen and oxygen atoms in total. The third-order valence-corrected chi connectivity index (χ3v) is 6.97. The normalized spacial score (nSPS) is 14.1. The van der Waals surface area contributed by atoms with Crippen molar-refractivity contribution in [3.63, 3.8) is 0 Å². The van der Waals surface area contributed by atoms with E-state index in [1.807, 2.05) is 24.3 Å². The molecule has 2 aromatic carbocycles. The van der Waals surface area contributed by atoms with Gasteiger partial charge in [-0.3, -0.25) is 4.79 Å². The first-order chi connectivity index (χ1) is 18.6. The van der Waals surface area contributed by atoms with Crippen molar-refractivity contribution in [1.29, 1.82) is 0 Å². The minimum absolute atomic E-state index is 0.0261. The molecule has 1 aromatic heterocycles. The van der Waals surface area contributed by atoms with Gasteiger partial charge in [-0.15, -0.1) is 10.2 Å². The fourth-order valence-electron chi connectivity index (χ4n) is 3.87. The number of rotatable bonds is 8. The van der Waals surface area contributed by atoms with E-state index in [2.05, 4.69) is 20.4 Å². The number of carbonyl (C=O) groups is 2. The molecule has 2 heterocycles. The van der Waals surface area contributed by atoms with Crippen LogP contribution in [-0.2, 0) is 20.9 Å². The fourth-order valence-corrected chi connectivity index (χ4v) is 4.79. The van der Waals surface area contributed by atoms with Gasteiger partial charge in [-0.05, 0) is 57.2 Å². The van der Waals surface area contributed by atoms with Crippen molar-refractivity contribution in [3.05, 3.63) is 58.3 Å². The molecular formula is C27H30ClFN4O5S. The van der Waals surface area contributed by atoms with Gasteiger partial charge in [0.05, 0.1) is 5.02 Å². The van der Waals surface area contributed by atoms with E-state index < -0.39 is 17.7 Å². The molecule has 1 fully saturated rings. The summed E-state index contributed by atoms with van der Waals surface area (Å²) in [7, 11) is 0. The van der Waals surface area contributed by atoms with Crippen LogP contribution in [0.1, 0.15) is 38.6 Å². The summed E-state index contributed by atoms with van der Waals surface area (Å²) in [5.41, 5.74) is 1.33. The minimum atomic E-state index is -0.687. The zero-order valence-electron chi connectivity index (χ0n) is 21.9. The molecule has 1 aliphatic rings. The molecule has 0 radical (unpaired) electrons. The third-order valence-electron chi connectivity index (χ3n) is 5.71. The van der Waals surface area contributed by atoms with Crippen LogP contribution in [0.5, 0.6) is 5.75 Å². The second-order valence-electron chi connectivity index (χ2n) is 9.94. The first-order valence-corrected chi connectivity index (χ1v) is 13.7. The second kappa shape index (κ2) is 12.6. The van der Waals surface area contributed by atoms with Gasteiger partial charge in [-0.1, -0.05) is 22.9 Å². The number of esters is 1. The van der Waals surface area contributed by atoms with E-state index in [1.165, 1.54) is 29.5 Å². The Labute approximate surface area is 235 Å². The Bertz CT molecular complexity index is 1290. The Kier molecular flexibility index (Phi) is 9.24. The van der Waals surface area contributed by atoms with Crippen LogP contribution in [-0.4, -0.2) is 53.6 Å². The quantitative estimate of drug-likeness (QED) is 0.345. The van der Waals surface area contributed by atoms with Gasteiger partial charge in [0.25, 0.3) is 0 Å². The third kappa shape index (κ3) is 8.52. The molecule has 0 aliphatic carbocycles. The van der Waals surface area contributed by atoms with Gasteiger partial charge in [0.2, 0.25) is 0 Å². The number of piperidine rings is 1. The number of nitrogens with zero attached hydrogens (tertiary/aromatic N) is 3. The standard InChI is InChI=1S/C27H30ClFN4O5S/c1-27(2,3)38-26(35)30-15-24(34)36-16-23-31-32-25(39-23)17-4-7-19(8-5-17)33-12-10-20(11-13-33)37-22-14-18(29)6-9-21(22)28/h4-9,14,20H,10-13,15-16H2,1-3H3,(H,30,35). The smallest absolute Gasteiger partial charge is 0.408 e. The molecular weight excluding hydrogens is 547 g/mol. The number of halogens is 2. The highest BCUT2D eigenvalue weighted by Crippen LogP contribution is 2.30. The van der Waals surface area contributed by atoms with E-state index >= 15 is 0 Å². The predicted octanol–water partition coefficient (Wildman–Crippen LogP) is 5.61. The number of alkyl carbamates (subject to hydrolysis) is 1. The van der Waals surface area contributed by atoms with Gasteiger partial charge < -0.3 is 24.4 Å². The van der Waals surface area contributed by atoms with Crippen molar-refractivity contribution in [2.24, 2.45) is 0 Å². The molecule has 208 valence electrons. The number of carbonyl (C=O) groups excluding carboxylic acids is 2. The number of nitrogens with one attached hydrogen (secondary N) is 1. The Hall–Kier alpha value is -3.44. The van der Waals surface area contributed by atoms with E-state index in [1.54, 1.807) is 20.8 Å². The van der Waals surface area contributed by atoms with Crippen LogP contribution in [0.15, 0.2) is 42.5 Å². The van der Waals surface area contributed by atoms with Gasteiger partial charge in [0.15, 0.2) is 5.01 Å². The average Bonchev–Trinajstić information content (AvgIpc) is 3.37. The number of hydrogen-bond acceptors (Lipinski definition) is 9. The fraction of sp³-hybridized carbons (Fsp3) is 0.407. The lowest BCUT2D eigenvalue weighted by Gasteiger charge is -2.34. The highest BCUT2D eigenvalue weighted by atomic mass is 35.5. The number of ether oxygens (including phenoxy) is 3. The first kappa shape index (κ1) is 28.6. The molecule has 12 heteroatoms. The van der Waals surface area contributed by atoms with E-state index in [0.717, 1.165) is 37.2 Å². The van der Waals surface area contributed by atoms with E-state index in [-0.39, 0.29) is 25.1 Å². The minimum Gasteiger partial charge on any atom is -0.489 e. The Morgan fingerprint density at radius 1 is 1.13 bits per heavy atom. The lowest BCUT2D eigenvalue weighted by atomic mass is 10.1. The SMILES string of the molecule is CC(C)(C)OC(=O)NCC(=O)OCc1nnc(-c2ccc(N3CCC(Oc4cc(F)ccc4Cl)CC3)cc2)s1. The van der Waals surface area contributed by atoms with Crippen molar-refractivity contribution < 1.29 is 28.2 Å². The first-order valence-electron chi connectivity index (χ1n) is 12.5. The predicted molar refractivity (Wildman–Crippen MR) is 147 cm³/mol. The van der Waals surface area contributed by atoms with E-state index in [4.69, 9.17) is 25.8 Å². The van der Waals surface area contributed by atoms with Crippen molar-refractivity contribution >= 4 is 40.7 Å². The summed E-state index contributed by atoms with van der Waals surface area (Å²) in [5.74, 6) is -0.596. The summed E-state index contributed by atoms with van der Waals surface area (Å²) < 4.78 is 29.7. The maximum Gasteiger partial charge on any atom is 0.408 e. The van der Waals surface area contributed by atoms with Crippen LogP contribution in [0, 0.1) is 5.82 Å². The number of anilines is 1. The average molecular weight is 577 g/mol. The van der Waals surface area contributed by atoms with Crippen molar-refractivity contribution in [2.75, 3.05) is 24.5 Å². The molecule has 3 aromatic rings. The van der Waals surface area contributed by atoms with Crippen LogP contribution in [0.2, 0.25) is 5.02 Å². The maximum atomic E-state index is 13.5. The Balaban J connectivity index is 1.23. The van der Waals surface area contributed by atoms with E-state index in [0.29, 0.717) is 20.8 Å². The topological polar surface area (TPSA) is 103 Å². The lowest BCUT2D eigenvalue weighted by Crippen LogP contribution is -2.38. The van der Waals surface area contributed by atoms with Gasteiger partial charge in [0, 0.05) is 43.2 Å². The van der Waals surface area contributed by atoms with Gasteiger partial charge in [0.1, 0.15) is 41.4 Å². The molecule has 1 amide bonds. The van der Waals surface area contributed by atoms with Crippen molar-refractivity contribution in [2.45, 2.75) is 51.9 Å². The molecule has 0 atom stereocenters. The van der Waals surface area contributed by atoms with Crippen molar-refractivity contribution in [1.82, 2.24) is 15.5 Å². The highest BCUT2D eigenvalue weighted by Gasteiger charge is 2.22. The molecule has 4 rings (SSSR count). The zero-order valence-corrected chi connectivity index (χ0v) is 23.5. The monoisotopic (exact) mass is 576 g/mol. The maximum absolute atomic E-state index is 13.5. The number of benzene rings is 2. The molecule has 1 saturated heterocycles. The molecule has 1 aliphatic heterocycles. The molecule has 0 saturated carbocycles. The van der Waals surface area contributed by atoms with Gasteiger partial charge >= 0.3 is 12.1 Å². The van der Waals surface area contributed by atoms with Crippen LogP contribution in [0.4, 0.5) is 14.9 Å². The molecule has 0 spiro atoms. The molecule has 1 N–H and O–H groups in total. The van der Waals surface area contributed by atoms with Gasteiger partial charge in [-0.25, -0.2) is 9.18 Å². The van der Waals surface area contributed by atoms with Crippen LogP contribution in [0.3, 0.4) is 0 Å². The van der Waals surface area contributed by atoms with Crippen LogP contribution in [0.25, 0.3) is 10.6 Å². The Morgan fingerprint density at radius 2 is 1.85 bits per heavy atom. The highest BCUT2D eigenvalue weighted by molar-refractivity contribution is 7.14. The van der Waals surface area contributed by atoms with E-state index in [9.17, 15) is 14.0 Å². The number of hydrogen-bond donors (Lipinski definition) is 1.